The van der Waals surface area contributed by atoms with Crippen molar-refractivity contribution in [2.24, 2.45) is 5.73 Å². The average Bonchev–Trinajstić information content (AvgIpc) is 2.39. The molecule has 0 aromatic heterocycles. The minimum atomic E-state index is 0.208. The molecule has 0 unspecified atom stereocenters. The molecule has 100 valence electrons. The maximum Gasteiger partial charge on any atom is -0.00367 e. The van der Waals surface area contributed by atoms with E-state index in [1.165, 1.54) is 22.3 Å². The molecule has 0 spiro atoms. The first-order valence-corrected chi connectivity index (χ1v) is 6.90. The summed E-state index contributed by atoms with van der Waals surface area (Å²) in [6.45, 7) is 7.42. The minimum absolute atomic E-state index is 0.208. The smallest absolute Gasteiger partial charge is 0.00367 e. The van der Waals surface area contributed by atoms with Gasteiger partial charge in [0, 0.05) is 0 Å². The van der Waals surface area contributed by atoms with Gasteiger partial charge in [-0.1, -0.05) is 69.3 Å². The standard InChI is InChI=1S/C18H23N/c1-18(2,3)17-9-7-15(8-10-17)16-6-4-5-14(13-16)11-12-19/h4-10,13H,11-12,19H2,1-3H3. The van der Waals surface area contributed by atoms with Gasteiger partial charge in [0.2, 0.25) is 0 Å². The van der Waals surface area contributed by atoms with E-state index in [9.17, 15) is 0 Å². The van der Waals surface area contributed by atoms with E-state index in [0.717, 1.165) is 6.42 Å². The lowest BCUT2D eigenvalue weighted by Gasteiger charge is -2.19. The topological polar surface area (TPSA) is 26.0 Å². The van der Waals surface area contributed by atoms with Crippen LogP contribution in [0.25, 0.3) is 11.1 Å². The third-order valence-corrected chi connectivity index (χ3v) is 3.44. The molecule has 1 nitrogen and oxygen atoms in total. The summed E-state index contributed by atoms with van der Waals surface area (Å²) >= 11 is 0. The Balaban J connectivity index is 2.29. The highest BCUT2D eigenvalue weighted by molar-refractivity contribution is 5.64. The van der Waals surface area contributed by atoms with Gasteiger partial charge >= 0.3 is 0 Å². The summed E-state index contributed by atoms with van der Waals surface area (Å²) < 4.78 is 0. The molecule has 2 rings (SSSR count). The summed E-state index contributed by atoms with van der Waals surface area (Å²) in [6, 6.07) is 17.5. The zero-order valence-corrected chi connectivity index (χ0v) is 12.1. The van der Waals surface area contributed by atoms with Gasteiger partial charge in [-0.2, -0.15) is 0 Å². The molecule has 0 aliphatic heterocycles. The van der Waals surface area contributed by atoms with Crippen LogP contribution in [0.3, 0.4) is 0 Å². The Morgan fingerprint density at radius 3 is 2.16 bits per heavy atom. The maximum absolute atomic E-state index is 5.62. The van der Waals surface area contributed by atoms with Crippen LogP contribution in [0.2, 0.25) is 0 Å². The number of nitrogens with two attached hydrogens (primary N) is 1. The van der Waals surface area contributed by atoms with Gasteiger partial charge in [-0.3, -0.25) is 0 Å². The second-order valence-corrected chi connectivity index (χ2v) is 6.07. The summed E-state index contributed by atoms with van der Waals surface area (Å²) in [6.07, 6.45) is 0.938. The van der Waals surface area contributed by atoms with Gasteiger partial charge in [0.25, 0.3) is 0 Å². The molecule has 0 fully saturated rings. The fourth-order valence-corrected chi connectivity index (χ4v) is 2.24. The lowest BCUT2D eigenvalue weighted by Crippen LogP contribution is -2.10. The van der Waals surface area contributed by atoms with Crippen molar-refractivity contribution in [2.45, 2.75) is 32.6 Å². The molecule has 0 bridgehead atoms. The quantitative estimate of drug-likeness (QED) is 0.873. The molecule has 0 saturated heterocycles. The fourth-order valence-electron chi connectivity index (χ4n) is 2.24. The lowest BCUT2D eigenvalue weighted by molar-refractivity contribution is 0.590. The van der Waals surface area contributed by atoms with E-state index in [0.29, 0.717) is 6.54 Å². The lowest BCUT2D eigenvalue weighted by atomic mass is 9.86. The van der Waals surface area contributed by atoms with E-state index in [2.05, 4.69) is 69.3 Å². The first-order valence-electron chi connectivity index (χ1n) is 6.90. The number of rotatable bonds is 3. The predicted octanol–water partition coefficient (Wildman–Crippen LogP) is 4.15. The van der Waals surface area contributed by atoms with Gasteiger partial charge in [-0.25, -0.2) is 0 Å². The summed E-state index contributed by atoms with van der Waals surface area (Å²) in [7, 11) is 0. The van der Waals surface area contributed by atoms with Gasteiger partial charge in [0.05, 0.1) is 0 Å². The van der Waals surface area contributed by atoms with Crippen LogP contribution in [0.15, 0.2) is 48.5 Å². The second-order valence-electron chi connectivity index (χ2n) is 6.07. The van der Waals surface area contributed by atoms with Gasteiger partial charge in [-0.05, 0) is 40.6 Å². The molecule has 0 aliphatic carbocycles. The zero-order valence-electron chi connectivity index (χ0n) is 12.1. The molecular formula is C18H23N. The predicted molar refractivity (Wildman–Crippen MR) is 83.3 cm³/mol. The number of hydrogen-bond donors (Lipinski definition) is 1. The van der Waals surface area contributed by atoms with Crippen molar-refractivity contribution >= 4 is 0 Å². The largest absolute Gasteiger partial charge is 0.330 e. The first kappa shape index (κ1) is 13.8. The average molecular weight is 253 g/mol. The molecule has 0 saturated carbocycles. The Morgan fingerprint density at radius 2 is 1.58 bits per heavy atom. The Bertz CT molecular complexity index is 532. The molecule has 1 heteroatoms. The number of hydrogen-bond acceptors (Lipinski definition) is 1. The third-order valence-electron chi connectivity index (χ3n) is 3.44. The van der Waals surface area contributed by atoms with Crippen LogP contribution in [0.1, 0.15) is 31.9 Å². The molecule has 2 N–H and O–H groups in total. The van der Waals surface area contributed by atoms with Crippen molar-refractivity contribution in [2.75, 3.05) is 6.54 Å². The third kappa shape index (κ3) is 3.45. The van der Waals surface area contributed by atoms with Crippen molar-refractivity contribution in [3.05, 3.63) is 59.7 Å². The van der Waals surface area contributed by atoms with Gasteiger partial charge < -0.3 is 5.73 Å². The van der Waals surface area contributed by atoms with Crippen LogP contribution < -0.4 is 5.73 Å². The van der Waals surface area contributed by atoms with Crippen molar-refractivity contribution in [3.63, 3.8) is 0 Å². The summed E-state index contributed by atoms with van der Waals surface area (Å²) in [5.41, 5.74) is 11.0. The van der Waals surface area contributed by atoms with Crippen LogP contribution in [0.5, 0.6) is 0 Å². The molecular weight excluding hydrogens is 230 g/mol. The zero-order chi connectivity index (χ0) is 13.9. The molecule has 2 aromatic rings. The summed E-state index contributed by atoms with van der Waals surface area (Å²) in [5.74, 6) is 0. The van der Waals surface area contributed by atoms with Crippen LogP contribution in [0.4, 0.5) is 0 Å². The maximum atomic E-state index is 5.62. The van der Waals surface area contributed by atoms with Crippen molar-refractivity contribution in [1.29, 1.82) is 0 Å². The summed E-state index contributed by atoms with van der Waals surface area (Å²) in [4.78, 5) is 0. The van der Waals surface area contributed by atoms with Crippen LogP contribution in [0, 0.1) is 0 Å². The van der Waals surface area contributed by atoms with Crippen LogP contribution in [-0.4, -0.2) is 6.54 Å². The molecule has 19 heavy (non-hydrogen) atoms. The molecule has 0 radical (unpaired) electrons. The molecule has 0 heterocycles. The second kappa shape index (κ2) is 5.58. The molecule has 0 amide bonds. The van der Waals surface area contributed by atoms with Crippen molar-refractivity contribution < 1.29 is 0 Å². The van der Waals surface area contributed by atoms with E-state index in [1.807, 2.05) is 0 Å². The molecule has 0 atom stereocenters. The Morgan fingerprint density at radius 1 is 0.895 bits per heavy atom. The fraction of sp³-hybridized carbons (Fsp3) is 0.333. The highest BCUT2D eigenvalue weighted by Gasteiger charge is 2.12. The minimum Gasteiger partial charge on any atom is -0.330 e. The normalized spacial score (nSPS) is 11.6. The van der Waals surface area contributed by atoms with Crippen LogP contribution >= 0.6 is 0 Å². The molecule has 0 aliphatic rings. The highest BCUT2D eigenvalue weighted by Crippen LogP contribution is 2.26. The Hall–Kier alpha value is -1.60. The molecule has 2 aromatic carbocycles. The first-order chi connectivity index (χ1) is 9.00. The van der Waals surface area contributed by atoms with Gasteiger partial charge in [0.15, 0.2) is 0 Å². The van der Waals surface area contributed by atoms with Gasteiger partial charge in [-0.15, -0.1) is 0 Å². The van der Waals surface area contributed by atoms with E-state index < -0.39 is 0 Å². The Labute approximate surface area is 116 Å². The van der Waals surface area contributed by atoms with Gasteiger partial charge in [0.1, 0.15) is 0 Å². The van der Waals surface area contributed by atoms with E-state index in [-0.39, 0.29) is 5.41 Å². The SMILES string of the molecule is CC(C)(C)c1ccc(-c2cccc(CCN)c2)cc1. The van der Waals surface area contributed by atoms with E-state index in [1.54, 1.807) is 0 Å². The van der Waals surface area contributed by atoms with E-state index >= 15 is 0 Å². The van der Waals surface area contributed by atoms with Crippen molar-refractivity contribution in [3.8, 4) is 11.1 Å². The van der Waals surface area contributed by atoms with E-state index in [4.69, 9.17) is 5.73 Å². The number of benzene rings is 2. The highest BCUT2D eigenvalue weighted by atomic mass is 14.5. The van der Waals surface area contributed by atoms with Crippen molar-refractivity contribution in [1.82, 2.24) is 0 Å². The monoisotopic (exact) mass is 253 g/mol. The summed E-state index contributed by atoms with van der Waals surface area (Å²) in [5, 5.41) is 0. The van der Waals surface area contributed by atoms with Crippen LogP contribution in [-0.2, 0) is 11.8 Å². The Kier molecular flexibility index (Phi) is 4.06.